The topological polar surface area (TPSA) is 38.1 Å². The standard InChI is InChI=1S/C27H27N3O/c31-26(17-16-21-10-3-1-4-11-21)29-18-9-19-30-24-15-8-7-14-23(24)28-27(30)25(29)20-22-12-5-2-6-13-22/h1-8,10-15,25H,9,16-20H2. The Kier molecular flexibility index (Phi) is 5.53. The van der Waals surface area contributed by atoms with Crippen LogP contribution in [-0.2, 0) is 24.2 Å². The highest BCUT2D eigenvalue weighted by molar-refractivity contribution is 5.79. The first-order valence-electron chi connectivity index (χ1n) is 11.1. The van der Waals surface area contributed by atoms with Gasteiger partial charge in [0.2, 0.25) is 5.91 Å². The van der Waals surface area contributed by atoms with Crippen LogP contribution in [0, 0.1) is 0 Å². The van der Waals surface area contributed by atoms with Gasteiger partial charge in [-0.1, -0.05) is 72.8 Å². The van der Waals surface area contributed by atoms with Crippen molar-refractivity contribution in [2.24, 2.45) is 0 Å². The van der Waals surface area contributed by atoms with Crippen LogP contribution < -0.4 is 0 Å². The highest BCUT2D eigenvalue weighted by atomic mass is 16.2. The van der Waals surface area contributed by atoms with Crippen LogP contribution in [0.4, 0.5) is 0 Å². The van der Waals surface area contributed by atoms with Gasteiger partial charge >= 0.3 is 0 Å². The third-order valence-electron chi connectivity index (χ3n) is 6.20. The maximum atomic E-state index is 13.4. The van der Waals surface area contributed by atoms with E-state index in [1.807, 2.05) is 30.3 Å². The minimum Gasteiger partial charge on any atom is -0.332 e. The van der Waals surface area contributed by atoms with Crippen LogP contribution in [0.3, 0.4) is 0 Å². The van der Waals surface area contributed by atoms with Crippen LogP contribution in [0.5, 0.6) is 0 Å². The zero-order valence-electron chi connectivity index (χ0n) is 17.7. The summed E-state index contributed by atoms with van der Waals surface area (Å²) < 4.78 is 2.33. The van der Waals surface area contributed by atoms with Crippen molar-refractivity contribution >= 4 is 16.9 Å². The average molecular weight is 410 g/mol. The molecule has 4 heteroatoms. The van der Waals surface area contributed by atoms with E-state index in [2.05, 4.69) is 64.1 Å². The molecule has 5 rings (SSSR count). The van der Waals surface area contributed by atoms with E-state index in [1.54, 1.807) is 0 Å². The van der Waals surface area contributed by atoms with Crippen LogP contribution in [0.1, 0.15) is 35.8 Å². The van der Waals surface area contributed by atoms with Gasteiger partial charge in [0.15, 0.2) is 0 Å². The lowest BCUT2D eigenvalue weighted by molar-refractivity contribution is -0.133. The van der Waals surface area contributed by atoms with Gasteiger partial charge in [0.25, 0.3) is 0 Å². The minimum atomic E-state index is -0.0550. The van der Waals surface area contributed by atoms with Gasteiger partial charge in [-0.3, -0.25) is 4.79 Å². The molecule has 0 saturated heterocycles. The van der Waals surface area contributed by atoms with Gasteiger partial charge in [-0.05, 0) is 36.1 Å². The Morgan fingerprint density at radius 3 is 2.29 bits per heavy atom. The Bertz CT molecular complexity index is 1170. The molecule has 31 heavy (non-hydrogen) atoms. The van der Waals surface area contributed by atoms with E-state index in [0.29, 0.717) is 6.42 Å². The summed E-state index contributed by atoms with van der Waals surface area (Å²) in [5.74, 6) is 1.22. The van der Waals surface area contributed by atoms with Crippen LogP contribution in [0.2, 0.25) is 0 Å². The molecule has 0 fully saturated rings. The normalized spacial score (nSPS) is 16.1. The van der Waals surface area contributed by atoms with E-state index in [-0.39, 0.29) is 11.9 Å². The zero-order chi connectivity index (χ0) is 21.0. The highest BCUT2D eigenvalue weighted by Gasteiger charge is 2.31. The second kappa shape index (κ2) is 8.76. The number of aryl methyl sites for hydroxylation is 2. The Hall–Kier alpha value is -3.40. The smallest absolute Gasteiger partial charge is 0.223 e. The number of carbonyl (C=O) groups excluding carboxylic acids is 1. The van der Waals surface area contributed by atoms with Crippen molar-refractivity contribution in [3.8, 4) is 0 Å². The van der Waals surface area contributed by atoms with Gasteiger partial charge in [-0.15, -0.1) is 0 Å². The number of para-hydroxylation sites is 2. The molecule has 1 aliphatic heterocycles. The molecule has 4 nitrogen and oxygen atoms in total. The van der Waals surface area contributed by atoms with Crippen molar-refractivity contribution in [1.29, 1.82) is 0 Å². The quantitative estimate of drug-likeness (QED) is 0.455. The summed E-state index contributed by atoms with van der Waals surface area (Å²) >= 11 is 0. The molecule has 4 aromatic rings. The largest absolute Gasteiger partial charge is 0.332 e. The molecule has 0 aliphatic carbocycles. The molecule has 3 aromatic carbocycles. The lowest BCUT2D eigenvalue weighted by Gasteiger charge is -2.30. The number of rotatable bonds is 5. The fourth-order valence-corrected chi connectivity index (χ4v) is 4.65. The molecule has 1 aromatic heterocycles. The minimum absolute atomic E-state index is 0.0550. The zero-order valence-corrected chi connectivity index (χ0v) is 17.7. The number of fused-ring (bicyclic) bond motifs is 3. The monoisotopic (exact) mass is 409 g/mol. The van der Waals surface area contributed by atoms with E-state index in [0.717, 1.165) is 49.2 Å². The van der Waals surface area contributed by atoms with Crippen molar-refractivity contribution in [2.45, 2.75) is 38.3 Å². The molecule has 0 spiro atoms. The second-order valence-corrected chi connectivity index (χ2v) is 8.24. The molecule has 0 bridgehead atoms. The third kappa shape index (κ3) is 4.11. The number of aromatic nitrogens is 2. The Labute approximate surface area is 183 Å². The number of hydrogen-bond donors (Lipinski definition) is 0. The van der Waals surface area contributed by atoms with Crippen molar-refractivity contribution in [3.63, 3.8) is 0 Å². The summed E-state index contributed by atoms with van der Waals surface area (Å²) in [6.07, 6.45) is 3.01. The van der Waals surface area contributed by atoms with Crippen molar-refractivity contribution in [1.82, 2.24) is 14.5 Å². The van der Waals surface area contributed by atoms with Gasteiger partial charge in [-0.25, -0.2) is 4.98 Å². The Balaban J connectivity index is 1.48. The molecule has 0 saturated carbocycles. The lowest BCUT2D eigenvalue weighted by Crippen LogP contribution is -2.36. The predicted octanol–water partition coefficient (Wildman–Crippen LogP) is 5.19. The van der Waals surface area contributed by atoms with E-state index in [4.69, 9.17) is 4.98 Å². The lowest BCUT2D eigenvalue weighted by atomic mass is 10.0. The molecule has 2 heterocycles. The first kappa shape index (κ1) is 19.6. The number of imidazole rings is 1. The highest BCUT2D eigenvalue weighted by Crippen LogP contribution is 2.31. The summed E-state index contributed by atoms with van der Waals surface area (Å²) in [7, 11) is 0. The van der Waals surface area contributed by atoms with E-state index >= 15 is 0 Å². The number of hydrogen-bond acceptors (Lipinski definition) is 2. The summed E-state index contributed by atoms with van der Waals surface area (Å²) in [6.45, 7) is 1.66. The number of nitrogens with zero attached hydrogens (tertiary/aromatic N) is 3. The van der Waals surface area contributed by atoms with E-state index in [1.165, 1.54) is 11.1 Å². The predicted molar refractivity (Wildman–Crippen MR) is 124 cm³/mol. The van der Waals surface area contributed by atoms with E-state index < -0.39 is 0 Å². The fourth-order valence-electron chi connectivity index (χ4n) is 4.65. The Morgan fingerprint density at radius 2 is 1.52 bits per heavy atom. The van der Waals surface area contributed by atoms with Crippen LogP contribution in [-0.4, -0.2) is 26.9 Å². The van der Waals surface area contributed by atoms with Crippen LogP contribution in [0.15, 0.2) is 84.9 Å². The molecule has 1 atom stereocenters. The van der Waals surface area contributed by atoms with Gasteiger partial charge in [0.05, 0.1) is 17.1 Å². The molecule has 1 unspecified atom stereocenters. The molecule has 0 radical (unpaired) electrons. The molecular formula is C27H27N3O. The summed E-state index contributed by atoms with van der Waals surface area (Å²) in [5, 5.41) is 0. The maximum Gasteiger partial charge on any atom is 0.223 e. The number of amides is 1. The Morgan fingerprint density at radius 1 is 0.839 bits per heavy atom. The molecule has 1 amide bonds. The van der Waals surface area contributed by atoms with Gasteiger partial charge in [-0.2, -0.15) is 0 Å². The summed E-state index contributed by atoms with van der Waals surface area (Å²) in [4.78, 5) is 20.5. The summed E-state index contributed by atoms with van der Waals surface area (Å²) in [6, 6.07) is 29.0. The van der Waals surface area contributed by atoms with Gasteiger partial charge < -0.3 is 9.47 Å². The SMILES string of the molecule is O=C(CCc1ccccc1)N1CCCn2c(nc3ccccc32)C1Cc1ccccc1. The summed E-state index contributed by atoms with van der Waals surface area (Å²) in [5.41, 5.74) is 4.61. The molecule has 1 aliphatic rings. The number of benzene rings is 3. The second-order valence-electron chi connectivity index (χ2n) is 8.24. The maximum absolute atomic E-state index is 13.4. The molecule has 0 N–H and O–H groups in total. The first-order chi connectivity index (χ1) is 15.3. The third-order valence-corrected chi connectivity index (χ3v) is 6.20. The van der Waals surface area contributed by atoms with Crippen molar-refractivity contribution in [3.05, 3.63) is 102 Å². The van der Waals surface area contributed by atoms with Crippen LogP contribution >= 0.6 is 0 Å². The van der Waals surface area contributed by atoms with Gasteiger partial charge in [0, 0.05) is 25.9 Å². The molecule has 156 valence electrons. The van der Waals surface area contributed by atoms with Crippen molar-refractivity contribution in [2.75, 3.05) is 6.54 Å². The van der Waals surface area contributed by atoms with Crippen molar-refractivity contribution < 1.29 is 4.79 Å². The average Bonchev–Trinajstić information content (AvgIpc) is 3.09. The first-order valence-corrected chi connectivity index (χ1v) is 11.1. The van der Waals surface area contributed by atoms with Crippen LogP contribution in [0.25, 0.3) is 11.0 Å². The van der Waals surface area contributed by atoms with E-state index in [9.17, 15) is 4.79 Å². The number of carbonyl (C=O) groups is 1. The molecular weight excluding hydrogens is 382 g/mol. The van der Waals surface area contributed by atoms with Gasteiger partial charge in [0.1, 0.15) is 5.82 Å². The fraction of sp³-hybridized carbons (Fsp3) is 0.259.